The van der Waals surface area contributed by atoms with Crippen LogP contribution in [0.2, 0.25) is 5.02 Å². The van der Waals surface area contributed by atoms with E-state index in [0.717, 1.165) is 12.8 Å². The van der Waals surface area contributed by atoms with Gasteiger partial charge in [0.2, 0.25) is 11.8 Å². The Kier molecular flexibility index (Phi) is 9.43. The van der Waals surface area contributed by atoms with Crippen molar-refractivity contribution < 1.29 is 24.2 Å². The van der Waals surface area contributed by atoms with E-state index in [-0.39, 0.29) is 30.9 Å². The number of nitrogens with zero attached hydrogens (tertiary/aromatic N) is 3. The molecule has 3 saturated heterocycles. The predicted molar refractivity (Wildman–Crippen MR) is 156 cm³/mol. The van der Waals surface area contributed by atoms with E-state index in [1.807, 2.05) is 6.92 Å². The van der Waals surface area contributed by atoms with Gasteiger partial charge in [-0.25, -0.2) is 0 Å². The van der Waals surface area contributed by atoms with E-state index in [1.165, 1.54) is 0 Å². The molecule has 2 unspecified atom stereocenters. The van der Waals surface area contributed by atoms with Gasteiger partial charge in [0.25, 0.3) is 5.91 Å². The smallest absolute Gasteiger partial charge is 0.253 e. The molecule has 1 aromatic rings. The second kappa shape index (κ2) is 12.5. The van der Waals surface area contributed by atoms with E-state index in [9.17, 15) is 19.5 Å². The van der Waals surface area contributed by atoms with Crippen molar-refractivity contribution in [2.75, 3.05) is 38.2 Å². The zero-order valence-electron chi connectivity index (χ0n) is 23.7. The van der Waals surface area contributed by atoms with E-state index < -0.39 is 29.1 Å². The number of hydrogen-bond acceptors (Lipinski definition) is 5. The number of hydrogen-bond donors (Lipinski definition) is 1. The maximum Gasteiger partial charge on any atom is 0.253 e. The SMILES string of the molecule is C=CCN(C)C(=O)[C@H]1[C@H]2C(=O)N(CCCCCCO)C(C(=O)N(CC=C)c3ccc(Cl)cc3)C23CC[C@]1(CC)O3. The molecule has 3 heterocycles. The Bertz CT molecular complexity index is 1130. The highest BCUT2D eigenvalue weighted by molar-refractivity contribution is 6.30. The van der Waals surface area contributed by atoms with E-state index in [0.29, 0.717) is 55.9 Å². The van der Waals surface area contributed by atoms with Gasteiger partial charge in [-0.05, 0) is 56.4 Å². The summed E-state index contributed by atoms with van der Waals surface area (Å²) in [4.78, 5) is 47.7. The van der Waals surface area contributed by atoms with E-state index >= 15 is 0 Å². The van der Waals surface area contributed by atoms with Crippen molar-refractivity contribution in [1.29, 1.82) is 0 Å². The zero-order chi connectivity index (χ0) is 29.1. The van der Waals surface area contributed by atoms with Crippen molar-refractivity contribution in [2.24, 2.45) is 11.8 Å². The van der Waals surface area contributed by atoms with Gasteiger partial charge < -0.3 is 24.5 Å². The summed E-state index contributed by atoms with van der Waals surface area (Å²) in [5.41, 5.74) is -1.22. The van der Waals surface area contributed by atoms with Gasteiger partial charge in [-0.3, -0.25) is 14.4 Å². The fourth-order valence-electron chi connectivity index (χ4n) is 7.10. The molecule has 1 aromatic carbocycles. The number of aliphatic hydroxyl groups is 1. The van der Waals surface area contributed by atoms with Crippen LogP contribution in [0, 0.1) is 11.8 Å². The van der Waals surface area contributed by atoms with Crippen LogP contribution in [0.4, 0.5) is 5.69 Å². The predicted octanol–water partition coefficient (Wildman–Crippen LogP) is 4.21. The van der Waals surface area contributed by atoms with Crippen LogP contribution in [-0.4, -0.2) is 83.2 Å². The number of likely N-dealkylation sites (tertiary alicyclic amines) is 1. The van der Waals surface area contributed by atoms with Crippen molar-refractivity contribution in [1.82, 2.24) is 9.80 Å². The number of fused-ring (bicyclic) bond motifs is 1. The number of unbranched alkanes of at least 4 members (excludes halogenated alkanes) is 3. The molecule has 3 aliphatic heterocycles. The second-order valence-electron chi connectivity index (χ2n) is 11.2. The minimum atomic E-state index is -1.09. The molecule has 5 atom stereocenters. The summed E-state index contributed by atoms with van der Waals surface area (Å²) in [7, 11) is 1.72. The standard InChI is InChI=1S/C31H42ClN3O5/c1-5-18-33(4)27(37)24-25-28(38)35(20-10-8-9-11-21-36)26(31(25)17-16-30(24,7-3)40-31)29(39)34(19-6-2)23-14-12-22(32)13-15-23/h5-6,12-15,24-26,36H,1-2,7-11,16-21H2,3-4H3/t24-,25+,26?,30+,31?/m1/s1. The molecule has 1 spiro atoms. The molecule has 3 fully saturated rings. The van der Waals surface area contributed by atoms with Crippen molar-refractivity contribution in [3.05, 3.63) is 54.6 Å². The zero-order valence-corrected chi connectivity index (χ0v) is 24.4. The van der Waals surface area contributed by atoms with Crippen molar-refractivity contribution in [3.8, 4) is 0 Å². The highest BCUT2D eigenvalue weighted by atomic mass is 35.5. The van der Waals surface area contributed by atoms with E-state index in [2.05, 4.69) is 13.2 Å². The Labute approximate surface area is 242 Å². The molecule has 9 heteroatoms. The average Bonchev–Trinajstić information content (AvgIpc) is 3.55. The number of aliphatic hydroxyl groups excluding tert-OH is 1. The van der Waals surface area contributed by atoms with Crippen LogP contribution in [0.15, 0.2) is 49.6 Å². The summed E-state index contributed by atoms with van der Waals surface area (Å²) >= 11 is 6.13. The van der Waals surface area contributed by atoms with E-state index in [1.54, 1.807) is 58.2 Å². The van der Waals surface area contributed by atoms with Crippen LogP contribution in [0.5, 0.6) is 0 Å². The highest BCUT2D eigenvalue weighted by Crippen LogP contribution is 2.64. The lowest BCUT2D eigenvalue weighted by Crippen LogP contribution is -2.56. The number of anilines is 1. The molecule has 0 aliphatic carbocycles. The van der Waals surface area contributed by atoms with Gasteiger partial charge in [0.15, 0.2) is 0 Å². The second-order valence-corrected chi connectivity index (χ2v) is 11.7. The number of carbonyl (C=O) groups excluding carboxylic acids is 3. The molecule has 4 rings (SSSR count). The molecule has 218 valence electrons. The molecule has 0 saturated carbocycles. The minimum Gasteiger partial charge on any atom is -0.396 e. The van der Waals surface area contributed by atoms with Crippen molar-refractivity contribution in [2.45, 2.75) is 69.1 Å². The fraction of sp³-hybridized carbons (Fsp3) is 0.581. The van der Waals surface area contributed by atoms with Crippen LogP contribution in [0.1, 0.15) is 51.9 Å². The molecule has 3 amide bonds. The third kappa shape index (κ3) is 5.10. The molecule has 40 heavy (non-hydrogen) atoms. The number of ether oxygens (including phenoxy) is 1. The first-order valence-corrected chi connectivity index (χ1v) is 14.7. The van der Waals surface area contributed by atoms with Crippen molar-refractivity contribution >= 4 is 35.0 Å². The van der Waals surface area contributed by atoms with Gasteiger partial charge in [0.1, 0.15) is 11.6 Å². The van der Waals surface area contributed by atoms with Gasteiger partial charge in [0.05, 0.1) is 17.4 Å². The third-order valence-corrected chi connectivity index (χ3v) is 9.24. The quantitative estimate of drug-likeness (QED) is 0.267. The third-order valence-electron chi connectivity index (χ3n) is 8.98. The summed E-state index contributed by atoms with van der Waals surface area (Å²) in [6, 6.07) is 6.16. The molecular weight excluding hydrogens is 530 g/mol. The maximum atomic E-state index is 14.6. The Morgan fingerprint density at radius 1 is 1.10 bits per heavy atom. The summed E-state index contributed by atoms with van der Waals surface area (Å²) in [5.74, 6) is -1.97. The molecular formula is C31H42ClN3O5. The topological polar surface area (TPSA) is 90.4 Å². The summed E-state index contributed by atoms with van der Waals surface area (Å²) in [5, 5.41) is 9.73. The Morgan fingerprint density at radius 3 is 2.40 bits per heavy atom. The number of amides is 3. The summed E-state index contributed by atoms with van der Waals surface area (Å²) < 4.78 is 6.88. The Hall–Kier alpha value is -2.68. The van der Waals surface area contributed by atoms with Crippen LogP contribution in [-0.2, 0) is 19.1 Å². The lowest BCUT2D eigenvalue weighted by atomic mass is 9.64. The number of halogens is 1. The van der Waals surface area contributed by atoms with Crippen molar-refractivity contribution in [3.63, 3.8) is 0 Å². The molecule has 8 nitrogen and oxygen atoms in total. The lowest BCUT2D eigenvalue weighted by Gasteiger charge is -2.37. The van der Waals surface area contributed by atoms with Crippen LogP contribution in [0.25, 0.3) is 0 Å². The van der Waals surface area contributed by atoms with Crippen LogP contribution in [0.3, 0.4) is 0 Å². The minimum absolute atomic E-state index is 0.126. The Morgan fingerprint density at radius 2 is 1.77 bits per heavy atom. The maximum absolute atomic E-state index is 14.6. The first-order valence-electron chi connectivity index (χ1n) is 14.4. The first kappa shape index (κ1) is 30.3. The van der Waals surface area contributed by atoms with Gasteiger partial charge in [-0.15, -0.1) is 13.2 Å². The average molecular weight is 572 g/mol. The summed E-state index contributed by atoms with van der Waals surface area (Å²) in [6.07, 6.45) is 8.09. The molecule has 3 aliphatic rings. The number of likely N-dealkylation sites (N-methyl/N-ethyl adjacent to an activating group) is 1. The monoisotopic (exact) mass is 571 g/mol. The van der Waals surface area contributed by atoms with Gasteiger partial charge in [-0.1, -0.05) is 43.5 Å². The normalized spacial score (nSPS) is 28.4. The fourth-order valence-corrected chi connectivity index (χ4v) is 7.23. The number of benzene rings is 1. The first-order chi connectivity index (χ1) is 19.2. The van der Waals surface area contributed by atoms with Gasteiger partial charge in [-0.2, -0.15) is 0 Å². The number of carbonyl (C=O) groups is 3. The highest BCUT2D eigenvalue weighted by Gasteiger charge is 2.78. The Balaban J connectivity index is 1.76. The van der Waals surface area contributed by atoms with Crippen LogP contribution >= 0.6 is 11.6 Å². The number of rotatable bonds is 14. The van der Waals surface area contributed by atoms with E-state index in [4.69, 9.17) is 16.3 Å². The molecule has 0 aromatic heterocycles. The van der Waals surface area contributed by atoms with Gasteiger partial charge >= 0.3 is 0 Å². The molecule has 0 radical (unpaired) electrons. The van der Waals surface area contributed by atoms with Gasteiger partial charge in [0, 0.05) is 44.0 Å². The molecule has 1 N–H and O–H groups in total. The largest absolute Gasteiger partial charge is 0.396 e. The van der Waals surface area contributed by atoms with Crippen LogP contribution < -0.4 is 4.90 Å². The lowest BCUT2D eigenvalue weighted by molar-refractivity contribution is -0.150. The summed E-state index contributed by atoms with van der Waals surface area (Å²) in [6.45, 7) is 10.7. The molecule has 2 bridgehead atoms.